The molecule has 11 heavy (non-hydrogen) atoms. The molecule has 0 unspecified atom stereocenters. The van der Waals surface area contributed by atoms with Gasteiger partial charge in [0.25, 0.3) is 0 Å². The average molecular weight is 165 g/mol. The molecule has 1 heterocycles. The van der Waals surface area contributed by atoms with Crippen LogP contribution in [0.4, 0.5) is 0 Å². The first kappa shape index (κ1) is 8.42. The van der Waals surface area contributed by atoms with Crippen LogP contribution in [0.25, 0.3) is 0 Å². The fourth-order valence-corrected chi connectivity index (χ4v) is 2.38. The quantitative estimate of drug-likeness (QED) is 0.550. The SMILES string of the molecule is CC1=CC(C)(C#N)C=C(C)S1. The van der Waals surface area contributed by atoms with Crippen LogP contribution < -0.4 is 0 Å². The van der Waals surface area contributed by atoms with Crippen molar-refractivity contribution in [2.45, 2.75) is 20.8 Å². The summed E-state index contributed by atoms with van der Waals surface area (Å²) in [4.78, 5) is 2.43. The smallest absolute Gasteiger partial charge is 0.0926 e. The first-order valence-electron chi connectivity index (χ1n) is 3.54. The maximum Gasteiger partial charge on any atom is 0.0926 e. The highest BCUT2D eigenvalue weighted by Crippen LogP contribution is 2.37. The van der Waals surface area contributed by atoms with E-state index in [2.05, 4.69) is 6.07 Å². The molecule has 0 saturated carbocycles. The highest BCUT2D eigenvalue weighted by atomic mass is 32.2. The van der Waals surface area contributed by atoms with Crippen molar-refractivity contribution in [1.29, 1.82) is 5.26 Å². The van der Waals surface area contributed by atoms with E-state index in [4.69, 9.17) is 5.26 Å². The van der Waals surface area contributed by atoms with Crippen molar-refractivity contribution in [1.82, 2.24) is 0 Å². The van der Waals surface area contributed by atoms with Gasteiger partial charge in [-0.05, 0) is 30.6 Å². The number of hydrogen-bond donors (Lipinski definition) is 0. The summed E-state index contributed by atoms with van der Waals surface area (Å²) < 4.78 is 0. The highest BCUT2D eigenvalue weighted by Gasteiger charge is 2.21. The molecule has 0 atom stereocenters. The number of rotatable bonds is 0. The zero-order valence-electron chi connectivity index (χ0n) is 7.01. The van der Waals surface area contributed by atoms with Crippen molar-refractivity contribution in [3.63, 3.8) is 0 Å². The summed E-state index contributed by atoms with van der Waals surface area (Å²) >= 11 is 1.73. The van der Waals surface area contributed by atoms with Crippen molar-refractivity contribution >= 4 is 11.8 Å². The summed E-state index contributed by atoms with van der Waals surface area (Å²) in [6.07, 6.45) is 4.01. The summed E-state index contributed by atoms with van der Waals surface area (Å²) in [5, 5.41) is 8.84. The molecule has 0 fully saturated rings. The van der Waals surface area contributed by atoms with Crippen molar-refractivity contribution < 1.29 is 0 Å². The Bertz CT molecular complexity index is 250. The second-order valence-corrected chi connectivity index (χ2v) is 4.50. The summed E-state index contributed by atoms with van der Waals surface area (Å²) in [6.45, 7) is 6.01. The van der Waals surface area contributed by atoms with E-state index in [9.17, 15) is 0 Å². The standard InChI is InChI=1S/C9H11NS/c1-7-4-9(3,6-10)5-8(2)11-7/h4-5H,1-3H3. The molecule has 0 bridgehead atoms. The van der Waals surface area contributed by atoms with Gasteiger partial charge in [0.1, 0.15) is 0 Å². The van der Waals surface area contributed by atoms with E-state index >= 15 is 0 Å². The Morgan fingerprint density at radius 2 is 1.82 bits per heavy atom. The second-order valence-electron chi connectivity index (χ2n) is 3.01. The molecule has 0 spiro atoms. The zero-order chi connectivity index (χ0) is 8.48. The van der Waals surface area contributed by atoms with Gasteiger partial charge in [0.2, 0.25) is 0 Å². The van der Waals surface area contributed by atoms with Crippen LogP contribution in [0.5, 0.6) is 0 Å². The first-order chi connectivity index (χ1) is 5.06. The molecular weight excluding hydrogens is 154 g/mol. The van der Waals surface area contributed by atoms with Crippen LogP contribution in [0.3, 0.4) is 0 Å². The van der Waals surface area contributed by atoms with E-state index in [1.165, 1.54) is 9.81 Å². The van der Waals surface area contributed by atoms with Crippen molar-refractivity contribution in [2.75, 3.05) is 0 Å². The molecule has 0 radical (unpaired) electrons. The highest BCUT2D eigenvalue weighted by molar-refractivity contribution is 8.06. The van der Waals surface area contributed by atoms with E-state index in [0.717, 1.165) is 0 Å². The molecule has 58 valence electrons. The Hall–Kier alpha value is -0.680. The second kappa shape index (κ2) is 2.75. The van der Waals surface area contributed by atoms with Gasteiger partial charge in [-0.15, -0.1) is 11.8 Å². The lowest BCUT2D eigenvalue weighted by Gasteiger charge is -2.19. The minimum absolute atomic E-state index is 0.376. The number of thioether (sulfide) groups is 1. The minimum atomic E-state index is -0.376. The van der Waals surface area contributed by atoms with Gasteiger partial charge in [0, 0.05) is 0 Å². The Morgan fingerprint density at radius 1 is 1.36 bits per heavy atom. The molecule has 0 aliphatic carbocycles. The van der Waals surface area contributed by atoms with Crippen molar-refractivity contribution in [3.8, 4) is 6.07 Å². The molecule has 0 aromatic carbocycles. The third kappa shape index (κ3) is 1.87. The summed E-state index contributed by atoms with van der Waals surface area (Å²) in [5.41, 5.74) is -0.376. The summed E-state index contributed by atoms with van der Waals surface area (Å²) in [5.74, 6) is 0. The summed E-state index contributed by atoms with van der Waals surface area (Å²) in [6, 6.07) is 2.28. The van der Waals surface area contributed by atoms with Gasteiger partial charge in [-0.2, -0.15) is 5.26 Å². The van der Waals surface area contributed by atoms with Crippen LogP contribution in [-0.4, -0.2) is 0 Å². The Balaban J connectivity index is 3.01. The Labute approximate surface area is 71.8 Å². The molecule has 1 rings (SSSR count). The molecule has 1 aliphatic rings. The monoisotopic (exact) mass is 165 g/mol. The van der Waals surface area contributed by atoms with Gasteiger partial charge < -0.3 is 0 Å². The van der Waals surface area contributed by atoms with E-state index in [-0.39, 0.29) is 5.41 Å². The van der Waals surface area contributed by atoms with E-state index in [0.29, 0.717) is 0 Å². The average Bonchev–Trinajstić information content (AvgIpc) is 1.84. The molecule has 2 heteroatoms. The third-order valence-electron chi connectivity index (χ3n) is 1.57. The fourth-order valence-electron chi connectivity index (χ4n) is 1.26. The number of nitriles is 1. The lowest BCUT2D eigenvalue weighted by molar-refractivity contribution is 0.727. The number of hydrogen-bond acceptors (Lipinski definition) is 2. The Morgan fingerprint density at radius 3 is 2.18 bits per heavy atom. The topological polar surface area (TPSA) is 23.8 Å². The molecule has 0 N–H and O–H groups in total. The van der Waals surface area contributed by atoms with Crippen LogP contribution in [0.1, 0.15) is 20.8 Å². The normalized spacial score (nSPS) is 21.6. The lowest BCUT2D eigenvalue weighted by atomic mass is 9.91. The van der Waals surface area contributed by atoms with Gasteiger partial charge >= 0.3 is 0 Å². The fraction of sp³-hybridized carbons (Fsp3) is 0.444. The predicted octanol–water partition coefficient (Wildman–Crippen LogP) is 3.07. The number of nitrogens with zero attached hydrogens (tertiary/aromatic N) is 1. The maximum absolute atomic E-state index is 8.84. The van der Waals surface area contributed by atoms with Crippen LogP contribution >= 0.6 is 11.8 Å². The predicted molar refractivity (Wildman–Crippen MR) is 48.8 cm³/mol. The van der Waals surface area contributed by atoms with Gasteiger partial charge in [-0.3, -0.25) is 0 Å². The van der Waals surface area contributed by atoms with Crippen LogP contribution in [0.15, 0.2) is 22.0 Å². The molecule has 0 aromatic rings. The molecule has 1 nitrogen and oxygen atoms in total. The largest absolute Gasteiger partial charge is 0.197 e. The van der Waals surface area contributed by atoms with E-state index in [1.807, 2.05) is 32.9 Å². The van der Waals surface area contributed by atoms with Crippen LogP contribution in [0.2, 0.25) is 0 Å². The van der Waals surface area contributed by atoms with E-state index in [1.54, 1.807) is 11.8 Å². The van der Waals surface area contributed by atoms with E-state index < -0.39 is 0 Å². The molecule has 1 aliphatic heterocycles. The number of allylic oxidation sites excluding steroid dienone is 4. The van der Waals surface area contributed by atoms with Gasteiger partial charge in [-0.25, -0.2) is 0 Å². The molecule has 0 amide bonds. The van der Waals surface area contributed by atoms with Crippen LogP contribution in [0, 0.1) is 16.7 Å². The molecule has 0 aromatic heterocycles. The molecular formula is C9H11NS. The maximum atomic E-state index is 8.84. The van der Waals surface area contributed by atoms with Crippen molar-refractivity contribution in [3.05, 3.63) is 22.0 Å². The van der Waals surface area contributed by atoms with Crippen LogP contribution in [-0.2, 0) is 0 Å². The van der Waals surface area contributed by atoms with Crippen molar-refractivity contribution in [2.24, 2.45) is 5.41 Å². The third-order valence-corrected chi connectivity index (χ3v) is 2.45. The van der Waals surface area contributed by atoms with Gasteiger partial charge in [0.05, 0.1) is 11.5 Å². The van der Waals surface area contributed by atoms with Gasteiger partial charge in [-0.1, -0.05) is 12.2 Å². The van der Waals surface area contributed by atoms with Gasteiger partial charge in [0.15, 0.2) is 0 Å². The first-order valence-corrected chi connectivity index (χ1v) is 4.35. The molecule has 0 saturated heterocycles. The zero-order valence-corrected chi connectivity index (χ0v) is 7.83. The summed E-state index contributed by atoms with van der Waals surface area (Å²) in [7, 11) is 0. The lowest BCUT2D eigenvalue weighted by Crippen LogP contribution is -2.09. The Kier molecular flexibility index (Phi) is 2.10. The minimum Gasteiger partial charge on any atom is -0.197 e.